The van der Waals surface area contributed by atoms with Crippen LogP contribution in [0.15, 0.2) is 24.3 Å². The van der Waals surface area contributed by atoms with Crippen LogP contribution in [0, 0.1) is 5.92 Å². The number of hydrogen-bond donors (Lipinski definition) is 2. The molecule has 0 aliphatic heterocycles. The second-order valence-corrected chi connectivity index (χ2v) is 6.39. The minimum Gasteiger partial charge on any atom is -0.481 e. The van der Waals surface area contributed by atoms with Crippen LogP contribution < -0.4 is 5.73 Å². The van der Waals surface area contributed by atoms with Crippen molar-refractivity contribution in [2.45, 2.75) is 52.0 Å². The minimum absolute atomic E-state index is 0.0290. The Balaban J connectivity index is 2.65. The Morgan fingerprint density at radius 1 is 1.26 bits per heavy atom. The van der Waals surface area contributed by atoms with Crippen molar-refractivity contribution in [3.63, 3.8) is 0 Å². The molecule has 2 unspecified atom stereocenters. The molecule has 0 bridgehead atoms. The molecular formula is C16H25NO2. The van der Waals surface area contributed by atoms with Gasteiger partial charge in [0.1, 0.15) is 0 Å². The fourth-order valence-corrected chi connectivity index (χ4v) is 2.07. The fraction of sp³-hybridized carbons (Fsp3) is 0.562. The van der Waals surface area contributed by atoms with E-state index in [1.165, 1.54) is 11.1 Å². The smallest absolute Gasteiger partial charge is 0.304 e. The first-order valence-electron chi connectivity index (χ1n) is 6.77. The molecule has 0 saturated carbocycles. The van der Waals surface area contributed by atoms with Gasteiger partial charge in [-0.1, -0.05) is 52.0 Å². The van der Waals surface area contributed by atoms with Crippen LogP contribution in [0.3, 0.4) is 0 Å². The summed E-state index contributed by atoms with van der Waals surface area (Å²) in [5.74, 6) is -0.668. The van der Waals surface area contributed by atoms with Gasteiger partial charge in [0.25, 0.3) is 0 Å². The van der Waals surface area contributed by atoms with Gasteiger partial charge in [-0.3, -0.25) is 4.79 Å². The molecule has 1 rings (SSSR count). The van der Waals surface area contributed by atoms with Crippen LogP contribution in [0.1, 0.15) is 45.2 Å². The Morgan fingerprint density at radius 2 is 1.79 bits per heavy atom. The second kappa shape index (κ2) is 6.20. The molecule has 0 aromatic heterocycles. The highest BCUT2D eigenvalue weighted by atomic mass is 16.4. The van der Waals surface area contributed by atoms with Crippen molar-refractivity contribution in [3.8, 4) is 0 Å². The van der Waals surface area contributed by atoms with Gasteiger partial charge in [0.15, 0.2) is 0 Å². The summed E-state index contributed by atoms with van der Waals surface area (Å²) in [6, 6.07) is 8.23. The number of hydrogen-bond acceptors (Lipinski definition) is 2. The van der Waals surface area contributed by atoms with Crippen LogP contribution >= 0.6 is 0 Å². The van der Waals surface area contributed by atoms with Gasteiger partial charge in [0, 0.05) is 6.04 Å². The third kappa shape index (κ3) is 5.03. The van der Waals surface area contributed by atoms with Crippen molar-refractivity contribution in [1.29, 1.82) is 0 Å². The molecule has 19 heavy (non-hydrogen) atoms. The predicted molar refractivity (Wildman–Crippen MR) is 78.2 cm³/mol. The molecule has 0 aliphatic carbocycles. The number of carboxylic acids is 1. The zero-order chi connectivity index (χ0) is 14.6. The van der Waals surface area contributed by atoms with Crippen molar-refractivity contribution >= 4 is 5.97 Å². The predicted octanol–water partition coefficient (Wildman–Crippen LogP) is 2.96. The van der Waals surface area contributed by atoms with Crippen LogP contribution in [0.5, 0.6) is 0 Å². The largest absolute Gasteiger partial charge is 0.481 e. The van der Waals surface area contributed by atoms with Gasteiger partial charge in [-0.2, -0.15) is 0 Å². The summed E-state index contributed by atoms with van der Waals surface area (Å²) in [7, 11) is 0. The van der Waals surface area contributed by atoms with Crippen LogP contribution in [0.2, 0.25) is 0 Å². The summed E-state index contributed by atoms with van der Waals surface area (Å²) in [5, 5.41) is 8.74. The van der Waals surface area contributed by atoms with E-state index in [-0.39, 0.29) is 23.8 Å². The van der Waals surface area contributed by atoms with Crippen LogP contribution in [-0.2, 0) is 16.6 Å². The van der Waals surface area contributed by atoms with Crippen LogP contribution in [0.4, 0.5) is 0 Å². The van der Waals surface area contributed by atoms with E-state index < -0.39 is 5.97 Å². The number of benzene rings is 1. The summed E-state index contributed by atoms with van der Waals surface area (Å²) >= 11 is 0. The molecule has 0 spiro atoms. The maximum Gasteiger partial charge on any atom is 0.304 e. The van der Waals surface area contributed by atoms with Gasteiger partial charge in [-0.15, -0.1) is 0 Å². The lowest BCUT2D eigenvalue weighted by molar-refractivity contribution is -0.137. The fourth-order valence-electron chi connectivity index (χ4n) is 2.07. The first-order chi connectivity index (χ1) is 8.70. The Hall–Kier alpha value is -1.35. The van der Waals surface area contributed by atoms with E-state index >= 15 is 0 Å². The van der Waals surface area contributed by atoms with E-state index in [4.69, 9.17) is 10.8 Å². The molecule has 2 atom stereocenters. The third-order valence-electron chi connectivity index (χ3n) is 3.52. The Labute approximate surface area is 115 Å². The Kier molecular flexibility index (Phi) is 5.12. The lowest BCUT2D eigenvalue weighted by Gasteiger charge is -2.21. The summed E-state index contributed by atoms with van der Waals surface area (Å²) in [5.41, 5.74) is 8.55. The van der Waals surface area contributed by atoms with E-state index in [9.17, 15) is 4.79 Å². The minimum atomic E-state index is -0.831. The molecule has 0 aliphatic rings. The van der Waals surface area contributed by atoms with Gasteiger partial charge >= 0.3 is 5.97 Å². The van der Waals surface area contributed by atoms with Gasteiger partial charge in [0.2, 0.25) is 0 Å². The summed E-state index contributed by atoms with van der Waals surface area (Å²) in [6.07, 6.45) is 0.847. The van der Waals surface area contributed by atoms with Gasteiger partial charge < -0.3 is 10.8 Å². The molecule has 106 valence electrons. The van der Waals surface area contributed by atoms with Crippen molar-refractivity contribution in [2.24, 2.45) is 11.7 Å². The number of carbonyl (C=O) groups is 1. The molecule has 0 amide bonds. The monoisotopic (exact) mass is 263 g/mol. The average Bonchev–Trinajstić information content (AvgIpc) is 2.27. The SMILES string of the molecule is CC(Cc1ccc(C(C)(C)C)cc1)C(N)CC(=O)O. The second-order valence-electron chi connectivity index (χ2n) is 6.39. The van der Waals surface area contributed by atoms with E-state index in [1.807, 2.05) is 6.92 Å². The first-order valence-corrected chi connectivity index (χ1v) is 6.77. The third-order valence-corrected chi connectivity index (χ3v) is 3.52. The Bertz CT molecular complexity index is 417. The molecule has 1 aromatic rings. The maximum atomic E-state index is 10.6. The van der Waals surface area contributed by atoms with Crippen LogP contribution in [-0.4, -0.2) is 17.1 Å². The van der Waals surface area contributed by atoms with Gasteiger partial charge in [0.05, 0.1) is 6.42 Å². The molecule has 3 heteroatoms. The number of aliphatic carboxylic acids is 1. The van der Waals surface area contributed by atoms with Gasteiger partial charge in [-0.05, 0) is 28.9 Å². The van der Waals surface area contributed by atoms with E-state index in [0.29, 0.717) is 0 Å². The summed E-state index contributed by atoms with van der Waals surface area (Å²) in [6.45, 7) is 8.57. The lowest BCUT2D eigenvalue weighted by Crippen LogP contribution is -2.32. The topological polar surface area (TPSA) is 63.3 Å². The maximum absolute atomic E-state index is 10.6. The normalized spacial score (nSPS) is 15.0. The van der Waals surface area contributed by atoms with E-state index in [0.717, 1.165) is 6.42 Å². The standard InChI is InChI=1S/C16H25NO2/c1-11(14(17)10-15(18)19)9-12-5-7-13(8-6-12)16(2,3)4/h5-8,11,14H,9-10,17H2,1-4H3,(H,18,19). The molecule has 0 radical (unpaired) electrons. The van der Waals surface area contributed by atoms with Crippen molar-refractivity contribution in [1.82, 2.24) is 0 Å². The highest BCUT2D eigenvalue weighted by Gasteiger charge is 2.17. The lowest BCUT2D eigenvalue weighted by atomic mass is 9.85. The van der Waals surface area contributed by atoms with Gasteiger partial charge in [-0.25, -0.2) is 0 Å². The summed E-state index contributed by atoms with van der Waals surface area (Å²) < 4.78 is 0. The average molecular weight is 263 g/mol. The number of nitrogens with two attached hydrogens (primary N) is 1. The molecule has 0 saturated heterocycles. The first kappa shape index (κ1) is 15.7. The molecule has 3 N–H and O–H groups in total. The number of carboxylic acid groups (broad SMARTS) is 1. The van der Waals surface area contributed by atoms with Crippen molar-refractivity contribution in [2.75, 3.05) is 0 Å². The van der Waals surface area contributed by atoms with Crippen molar-refractivity contribution < 1.29 is 9.90 Å². The van der Waals surface area contributed by atoms with E-state index in [2.05, 4.69) is 45.0 Å². The quantitative estimate of drug-likeness (QED) is 0.858. The highest BCUT2D eigenvalue weighted by molar-refractivity contribution is 5.67. The highest BCUT2D eigenvalue weighted by Crippen LogP contribution is 2.23. The zero-order valence-corrected chi connectivity index (χ0v) is 12.3. The van der Waals surface area contributed by atoms with Crippen LogP contribution in [0.25, 0.3) is 0 Å². The Morgan fingerprint density at radius 3 is 2.21 bits per heavy atom. The number of rotatable bonds is 5. The molecule has 0 heterocycles. The van der Waals surface area contributed by atoms with E-state index in [1.54, 1.807) is 0 Å². The van der Waals surface area contributed by atoms with Crippen molar-refractivity contribution in [3.05, 3.63) is 35.4 Å². The molecule has 0 fully saturated rings. The zero-order valence-electron chi connectivity index (χ0n) is 12.3. The molecular weight excluding hydrogens is 238 g/mol. The molecule has 3 nitrogen and oxygen atoms in total. The summed E-state index contributed by atoms with van der Waals surface area (Å²) in [4.78, 5) is 10.6. The molecule has 1 aromatic carbocycles.